The lowest BCUT2D eigenvalue weighted by molar-refractivity contribution is -0.384. The van der Waals surface area contributed by atoms with E-state index in [-0.39, 0.29) is 33.6 Å². The van der Waals surface area contributed by atoms with E-state index >= 15 is 0 Å². The number of carbonyl (C=O) groups is 1. The second-order valence-electron chi connectivity index (χ2n) is 6.38. The van der Waals surface area contributed by atoms with Crippen molar-refractivity contribution in [3.05, 3.63) is 89.8 Å². The molecule has 12 heteroatoms. The molecule has 3 aromatic rings. The molecule has 0 unspecified atom stereocenters. The maximum atomic E-state index is 12.2. The molecule has 0 fully saturated rings. The average molecular weight is 439 g/mol. The Morgan fingerprint density at radius 3 is 2.71 bits per heavy atom. The quantitative estimate of drug-likeness (QED) is 0.344. The normalized spacial score (nSPS) is 14.8. The largest absolute Gasteiger partial charge is 0.459 e. The number of para-hydroxylation sites is 1. The lowest BCUT2D eigenvalue weighted by atomic mass is 10.1. The number of aromatic nitrogens is 2. The number of nitrogens with two attached hydrogens (primary N) is 1. The summed E-state index contributed by atoms with van der Waals surface area (Å²) < 4.78 is 6.87. The number of amides is 1. The Hall–Kier alpha value is -4.19. The highest BCUT2D eigenvalue weighted by atomic mass is 32.2. The van der Waals surface area contributed by atoms with Gasteiger partial charge in [-0.1, -0.05) is 12.1 Å². The molecular formula is C19H13N5O6S. The number of nitrogens with zero attached hydrogens (tertiary/aromatic N) is 3. The fraction of sp³-hybridized carbons (Fsp3) is 0.0526. The van der Waals surface area contributed by atoms with Crippen LogP contribution in [0.3, 0.4) is 0 Å². The molecular weight excluding hydrogens is 426 g/mol. The summed E-state index contributed by atoms with van der Waals surface area (Å²) in [5.74, 6) is 0.0299. The summed E-state index contributed by atoms with van der Waals surface area (Å²) in [5.41, 5.74) is 4.39. The monoisotopic (exact) mass is 439 g/mol. The number of hydrogen-bond donors (Lipinski definition) is 2. The second kappa shape index (κ2) is 7.91. The second-order valence-corrected chi connectivity index (χ2v) is 7.44. The van der Waals surface area contributed by atoms with Gasteiger partial charge in [0.25, 0.3) is 17.2 Å². The van der Waals surface area contributed by atoms with Crippen LogP contribution in [0.1, 0.15) is 11.3 Å². The molecule has 4 rings (SSSR count). The van der Waals surface area contributed by atoms with Gasteiger partial charge in [-0.3, -0.25) is 29.3 Å². The minimum atomic E-state index is -0.683. The standard InChI is InChI=1S/C19H13N5O6S/c20-18-21-17(26)15(31-18)7-10-8-23(19(27)22-16(10)25)9-11-5-6-14(30-11)12-3-1-2-4-13(12)24(28)29/h1-8H,9H2,(H2,20,21,26)(H,22,25,27)/b15-7-. The van der Waals surface area contributed by atoms with Crippen LogP contribution in [0.15, 0.2) is 66.5 Å². The number of nitrogens with one attached hydrogen (secondary N) is 1. The molecule has 1 amide bonds. The molecule has 0 atom stereocenters. The molecule has 31 heavy (non-hydrogen) atoms. The Kier molecular flexibility index (Phi) is 5.13. The van der Waals surface area contributed by atoms with Crippen molar-refractivity contribution < 1.29 is 14.1 Å². The molecule has 0 saturated heterocycles. The third-order valence-electron chi connectivity index (χ3n) is 4.32. The van der Waals surface area contributed by atoms with Crippen molar-refractivity contribution in [2.75, 3.05) is 0 Å². The van der Waals surface area contributed by atoms with E-state index in [1.807, 2.05) is 0 Å². The van der Waals surface area contributed by atoms with E-state index in [1.165, 1.54) is 22.9 Å². The first-order valence-corrected chi connectivity index (χ1v) is 9.58. The number of nitro benzene ring substituents is 1. The number of benzene rings is 1. The van der Waals surface area contributed by atoms with Crippen LogP contribution >= 0.6 is 11.8 Å². The molecule has 0 saturated carbocycles. The lowest BCUT2D eigenvalue weighted by Crippen LogP contribution is -2.31. The minimum Gasteiger partial charge on any atom is -0.459 e. The number of thioether (sulfide) groups is 1. The Bertz CT molecular complexity index is 1400. The van der Waals surface area contributed by atoms with Gasteiger partial charge in [-0.2, -0.15) is 4.99 Å². The summed E-state index contributed by atoms with van der Waals surface area (Å²) in [5, 5.41) is 11.3. The number of aromatic amines is 1. The SMILES string of the molecule is NC1=NC(=O)/C(=C/c2cn(Cc3ccc(-c4ccccc4[N+](=O)[O-])o3)c(=O)[nH]c2=O)S1. The molecule has 0 spiro atoms. The van der Waals surface area contributed by atoms with Gasteiger partial charge in [0.2, 0.25) is 0 Å². The molecule has 156 valence electrons. The number of hydrogen-bond acceptors (Lipinski definition) is 8. The van der Waals surface area contributed by atoms with Crippen LogP contribution in [0.5, 0.6) is 0 Å². The van der Waals surface area contributed by atoms with Crippen LogP contribution in [0.4, 0.5) is 5.69 Å². The lowest BCUT2D eigenvalue weighted by Gasteiger charge is -2.05. The summed E-state index contributed by atoms with van der Waals surface area (Å²) in [6, 6.07) is 9.25. The number of rotatable bonds is 5. The van der Waals surface area contributed by atoms with Gasteiger partial charge in [-0.15, -0.1) is 0 Å². The van der Waals surface area contributed by atoms with Crippen molar-refractivity contribution in [1.29, 1.82) is 0 Å². The van der Waals surface area contributed by atoms with Gasteiger partial charge in [0.1, 0.15) is 11.5 Å². The predicted octanol–water partition coefficient (Wildman–Crippen LogP) is 1.68. The number of furan rings is 1. The maximum absolute atomic E-state index is 12.2. The van der Waals surface area contributed by atoms with Gasteiger partial charge < -0.3 is 10.2 Å². The van der Waals surface area contributed by atoms with Gasteiger partial charge in [0.15, 0.2) is 5.17 Å². The van der Waals surface area contributed by atoms with Gasteiger partial charge in [0.05, 0.1) is 27.5 Å². The predicted molar refractivity (Wildman–Crippen MR) is 113 cm³/mol. The van der Waals surface area contributed by atoms with Crippen LogP contribution < -0.4 is 17.0 Å². The zero-order valence-corrected chi connectivity index (χ0v) is 16.4. The van der Waals surface area contributed by atoms with E-state index in [2.05, 4.69) is 9.98 Å². The Morgan fingerprint density at radius 1 is 1.23 bits per heavy atom. The number of aliphatic imine (C=N–C) groups is 1. The third kappa shape index (κ3) is 4.09. The summed E-state index contributed by atoms with van der Waals surface area (Å²) >= 11 is 0.921. The van der Waals surface area contributed by atoms with Crippen molar-refractivity contribution >= 4 is 34.6 Å². The van der Waals surface area contributed by atoms with Gasteiger partial charge in [0, 0.05) is 12.3 Å². The van der Waals surface area contributed by atoms with Crippen molar-refractivity contribution in [2.45, 2.75) is 6.54 Å². The first kappa shape index (κ1) is 20.1. The Balaban J connectivity index is 1.65. The van der Waals surface area contributed by atoms with Gasteiger partial charge in [-0.05, 0) is 36.0 Å². The zero-order chi connectivity index (χ0) is 22.1. The Morgan fingerprint density at radius 2 is 2.00 bits per heavy atom. The van der Waals surface area contributed by atoms with Crippen LogP contribution in [-0.4, -0.2) is 25.5 Å². The van der Waals surface area contributed by atoms with Crippen molar-refractivity contribution in [3.63, 3.8) is 0 Å². The molecule has 3 N–H and O–H groups in total. The molecule has 3 heterocycles. The third-order valence-corrected chi connectivity index (χ3v) is 5.13. The van der Waals surface area contributed by atoms with E-state index in [1.54, 1.807) is 30.3 Å². The molecule has 0 bridgehead atoms. The highest BCUT2D eigenvalue weighted by molar-refractivity contribution is 8.18. The average Bonchev–Trinajstić information content (AvgIpc) is 3.31. The highest BCUT2D eigenvalue weighted by Crippen LogP contribution is 2.31. The maximum Gasteiger partial charge on any atom is 0.328 e. The fourth-order valence-electron chi connectivity index (χ4n) is 2.93. The van der Waals surface area contributed by atoms with E-state index in [0.717, 1.165) is 11.8 Å². The molecule has 1 aromatic carbocycles. The van der Waals surface area contributed by atoms with Crippen molar-refractivity contribution in [3.8, 4) is 11.3 Å². The van der Waals surface area contributed by atoms with E-state index in [4.69, 9.17) is 10.2 Å². The van der Waals surface area contributed by atoms with Crippen LogP contribution in [-0.2, 0) is 11.3 Å². The number of carbonyl (C=O) groups excluding carboxylic acids is 1. The smallest absolute Gasteiger partial charge is 0.328 e. The molecule has 2 aromatic heterocycles. The topological polar surface area (TPSA) is 167 Å². The fourth-order valence-corrected chi connectivity index (χ4v) is 3.60. The molecule has 0 radical (unpaired) electrons. The van der Waals surface area contributed by atoms with Gasteiger partial charge in [-0.25, -0.2) is 4.79 Å². The summed E-state index contributed by atoms with van der Waals surface area (Å²) in [6.07, 6.45) is 2.58. The number of nitro groups is 1. The van der Waals surface area contributed by atoms with Crippen LogP contribution in [0.2, 0.25) is 0 Å². The molecule has 1 aliphatic heterocycles. The van der Waals surface area contributed by atoms with Crippen molar-refractivity contribution in [1.82, 2.24) is 9.55 Å². The summed E-state index contributed by atoms with van der Waals surface area (Å²) in [6.45, 7) is -0.0495. The summed E-state index contributed by atoms with van der Waals surface area (Å²) in [7, 11) is 0. The van der Waals surface area contributed by atoms with Gasteiger partial charge >= 0.3 is 5.69 Å². The zero-order valence-electron chi connectivity index (χ0n) is 15.6. The molecule has 11 nitrogen and oxygen atoms in total. The first-order valence-electron chi connectivity index (χ1n) is 8.76. The molecule has 1 aliphatic rings. The molecule has 0 aliphatic carbocycles. The highest BCUT2D eigenvalue weighted by Gasteiger charge is 2.21. The first-order chi connectivity index (χ1) is 14.8. The van der Waals surface area contributed by atoms with Crippen LogP contribution in [0.25, 0.3) is 17.4 Å². The van der Waals surface area contributed by atoms with Crippen LogP contribution in [0, 0.1) is 10.1 Å². The number of H-pyrrole nitrogens is 1. The summed E-state index contributed by atoms with van der Waals surface area (Å²) in [4.78, 5) is 52.7. The van der Waals surface area contributed by atoms with E-state index < -0.39 is 22.1 Å². The Labute approximate surface area is 177 Å². The minimum absolute atomic E-state index is 0.0495. The van der Waals surface area contributed by atoms with E-state index in [0.29, 0.717) is 11.3 Å². The number of amidine groups is 1. The van der Waals surface area contributed by atoms with Crippen molar-refractivity contribution in [2.24, 2.45) is 10.7 Å². The van der Waals surface area contributed by atoms with E-state index in [9.17, 15) is 24.5 Å².